The molecule has 0 saturated heterocycles. The molecule has 1 aromatic heterocycles. The number of furan rings is 1. The molecule has 0 fully saturated rings. The lowest BCUT2D eigenvalue weighted by molar-refractivity contribution is -0.148. The molecule has 0 spiro atoms. The first-order valence-electron chi connectivity index (χ1n) is 12.5. The Morgan fingerprint density at radius 1 is 0.927 bits per heavy atom. The highest BCUT2D eigenvalue weighted by molar-refractivity contribution is 5.99. The van der Waals surface area contributed by atoms with Crippen molar-refractivity contribution in [1.82, 2.24) is 5.32 Å². The van der Waals surface area contributed by atoms with Crippen LogP contribution in [-0.2, 0) is 16.1 Å². The van der Waals surface area contributed by atoms with Crippen LogP contribution in [0.4, 0.5) is 0 Å². The van der Waals surface area contributed by atoms with Gasteiger partial charge in [-0.15, -0.1) is 12.4 Å². The maximum atomic E-state index is 12.6. The molecule has 0 radical (unpaired) electrons. The number of hydrogen-bond donors (Lipinski definition) is 3. The van der Waals surface area contributed by atoms with E-state index < -0.39 is 17.5 Å². The van der Waals surface area contributed by atoms with Gasteiger partial charge in [-0.3, -0.25) is 10.2 Å². The molecule has 1 amide bonds. The third kappa shape index (κ3) is 8.55. The lowest BCUT2D eigenvalue weighted by Gasteiger charge is -2.17. The second kappa shape index (κ2) is 13.0. The van der Waals surface area contributed by atoms with Gasteiger partial charge in [-0.05, 0) is 85.6 Å². The van der Waals surface area contributed by atoms with Gasteiger partial charge in [0.25, 0.3) is 5.91 Å². The lowest BCUT2D eigenvalue weighted by Crippen LogP contribution is -2.22. The number of benzene rings is 3. The van der Waals surface area contributed by atoms with Crippen molar-refractivity contribution in [3.05, 3.63) is 107 Å². The summed E-state index contributed by atoms with van der Waals surface area (Å²) in [6.07, 6.45) is 2.95. The lowest BCUT2D eigenvalue weighted by atomic mass is 10.1. The maximum absolute atomic E-state index is 12.6. The van der Waals surface area contributed by atoms with Crippen LogP contribution >= 0.6 is 12.4 Å². The van der Waals surface area contributed by atoms with Crippen LogP contribution < -0.4 is 15.8 Å². The van der Waals surface area contributed by atoms with Crippen molar-refractivity contribution in [2.45, 2.75) is 32.9 Å². The van der Waals surface area contributed by atoms with E-state index in [0.29, 0.717) is 22.6 Å². The number of carbonyl (C=O) groups is 3. The van der Waals surface area contributed by atoms with Crippen LogP contribution in [0.5, 0.6) is 5.75 Å². The quantitative estimate of drug-likeness (QED) is 0.0810. The van der Waals surface area contributed by atoms with Gasteiger partial charge in [0.05, 0.1) is 6.54 Å². The zero-order chi connectivity index (χ0) is 28.9. The summed E-state index contributed by atoms with van der Waals surface area (Å²) < 4.78 is 16.2. The van der Waals surface area contributed by atoms with Gasteiger partial charge in [0, 0.05) is 17.2 Å². The van der Waals surface area contributed by atoms with Gasteiger partial charge >= 0.3 is 11.9 Å². The number of rotatable bonds is 8. The van der Waals surface area contributed by atoms with Crippen molar-refractivity contribution >= 4 is 52.9 Å². The number of nitrogens with one attached hydrogen (secondary N) is 2. The molecule has 0 aliphatic rings. The minimum Gasteiger partial charge on any atom is -0.457 e. The molecule has 0 unspecified atom stereocenters. The third-order valence-electron chi connectivity index (χ3n) is 5.61. The van der Waals surface area contributed by atoms with Crippen LogP contribution in [0.25, 0.3) is 16.8 Å². The summed E-state index contributed by atoms with van der Waals surface area (Å²) in [6.45, 7) is 5.45. The highest BCUT2D eigenvalue weighted by Crippen LogP contribution is 2.23. The molecule has 3 aromatic carbocycles. The average Bonchev–Trinajstić information content (AvgIpc) is 3.39. The third-order valence-corrected chi connectivity index (χ3v) is 5.61. The largest absolute Gasteiger partial charge is 0.457 e. The van der Waals surface area contributed by atoms with Gasteiger partial charge in [0.1, 0.15) is 22.9 Å². The Kier molecular flexibility index (Phi) is 9.70. The van der Waals surface area contributed by atoms with Crippen LogP contribution in [0.1, 0.15) is 58.6 Å². The number of fused-ring (bicyclic) bond motifs is 1. The number of nitrogens with two attached hydrogens (primary N) is 1. The molecule has 0 aliphatic heterocycles. The molecule has 212 valence electrons. The van der Waals surface area contributed by atoms with Gasteiger partial charge in [-0.1, -0.05) is 30.3 Å². The summed E-state index contributed by atoms with van der Waals surface area (Å²) >= 11 is 0. The Morgan fingerprint density at radius 2 is 1.59 bits per heavy atom. The summed E-state index contributed by atoms with van der Waals surface area (Å²) in [6, 6.07) is 20.2. The van der Waals surface area contributed by atoms with Crippen molar-refractivity contribution in [3.63, 3.8) is 0 Å². The van der Waals surface area contributed by atoms with Crippen molar-refractivity contribution in [2.24, 2.45) is 5.73 Å². The normalized spacial score (nSPS) is 11.1. The summed E-state index contributed by atoms with van der Waals surface area (Å²) in [7, 11) is 0. The van der Waals surface area contributed by atoms with Crippen LogP contribution in [0.3, 0.4) is 0 Å². The smallest absolute Gasteiger partial charge is 0.379 e. The van der Waals surface area contributed by atoms with E-state index in [0.717, 1.165) is 16.3 Å². The predicted molar refractivity (Wildman–Crippen MR) is 158 cm³/mol. The molecule has 0 aliphatic carbocycles. The van der Waals surface area contributed by atoms with E-state index in [4.69, 9.17) is 25.0 Å². The second-order valence-corrected chi connectivity index (χ2v) is 9.96. The molecule has 9 nitrogen and oxygen atoms in total. The van der Waals surface area contributed by atoms with Gasteiger partial charge < -0.3 is 24.9 Å². The summed E-state index contributed by atoms with van der Waals surface area (Å²) in [5.74, 6) is -0.754. The van der Waals surface area contributed by atoms with Gasteiger partial charge in [-0.2, -0.15) is 0 Å². The molecule has 4 N–H and O–H groups in total. The van der Waals surface area contributed by atoms with Gasteiger partial charge in [-0.25, -0.2) is 9.59 Å². The molecule has 4 rings (SSSR count). The summed E-state index contributed by atoms with van der Waals surface area (Å²) in [4.78, 5) is 36.9. The number of esters is 2. The minimum atomic E-state index is -0.674. The number of ether oxygens (including phenoxy) is 2. The first-order chi connectivity index (χ1) is 19.0. The Labute approximate surface area is 243 Å². The van der Waals surface area contributed by atoms with E-state index >= 15 is 0 Å². The Morgan fingerprint density at radius 3 is 2.27 bits per heavy atom. The molecule has 0 atom stereocenters. The predicted octanol–water partition coefficient (Wildman–Crippen LogP) is 5.64. The molecule has 0 saturated carbocycles. The van der Waals surface area contributed by atoms with Gasteiger partial charge in [0.2, 0.25) is 5.76 Å². The fourth-order valence-corrected chi connectivity index (χ4v) is 3.71. The molecular weight excluding hydrogens is 546 g/mol. The van der Waals surface area contributed by atoms with Gasteiger partial charge in [0.15, 0.2) is 0 Å². The molecule has 10 heteroatoms. The molecule has 0 bridgehead atoms. The number of nitrogen functional groups attached to an aromatic ring is 1. The SMILES string of the molecule is CC(C)(C)OC(=O)/C=C/c1ccc(C(=O)NCc2ccc(C(=O)Oc3ccc4cc(C(=N)N)ccc4c3)o2)cc1.Cl. The molecule has 1 heterocycles. The highest BCUT2D eigenvalue weighted by Gasteiger charge is 2.16. The first kappa shape index (κ1) is 30.6. The highest BCUT2D eigenvalue weighted by atomic mass is 35.5. The second-order valence-electron chi connectivity index (χ2n) is 9.96. The number of carbonyl (C=O) groups excluding carboxylic acids is 3. The van der Waals surface area contributed by atoms with Crippen molar-refractivity contribution in [3.8, 4) is 5.75 Å². The van der Waals surface area contributed by atoms with Crippen molar-refractivity contribution in [2.75, 3.05) is 0 Å². The standard InChI is InChI=1S/C31H29N3O6.ClH/c1-31(2,3)40-27(35)15-6-19-4-7-20(8-5-19)29(36)34-18-25-13-14-26(38-25)30(37)39-24-12-11-21-16-23(28(32)33)10-9-22(21)17-24;/h4-17H,18H2,1-3H3,(H3,32,33)(H,34,36);1H/b15-6+;. The summed E-state index contributed by atoms with van der Waals surface area (Å²) in [5, 5.41) is 12.0. The number of hydrogen-bond acceptors (Lipinski definition) is 7. The zero-order valence-electron chi connectivity index (χ0n) is 22.7. The fraction of sp³-hybridized carbons (Fsp3) is 0.161. The molecule has 4 aromatic rings. The fourth-order valence-electron chi connectivity index (χ4n) is 3.71. The van der Waals surface area contributed by atoms with E-state index in [1.165, 1.54) is 12.1 Å². The van der Waals surface area contributed by atoms with Crippen LogP contribution in [0.2, 0.25) is 0 Å². The van der Waals surface area contributed by atoms with Crippen molar-refractivity contribution < 1.29 is 28.3 Å². The molecule has 41 heavy (non-hydrogen) atoms. The Hall–Kier alpha value is -4.89. The monoisotopic (exact) mass is 575 g/mol. The summed E-state index contributed by atoms with van der Waals surface area (Å²) in [5.41, 5.74) is 6.74. The van der Waals surface area contributed by atoms with E-state index in [2.05, 4.69) is 5.32 Å². The average molecular weight is 576 g/mol. The maximum Gasteiger partial charge on any atom is 0.379 e. The van der Waals surface area contributed by atoms with Crippen LogP contribution in [-0.4, -0.2) is 29.3 Å². The topological polar surface area (TPSA) is 145 Å². The van der Waals surface area contributed by atoms with Crippen LogP contribution in [0, 0.1) is 5.41 Å². The Balaban J connectivity index is 0.00000462. The Bertz CT molecular complexity index is 1620. The number of halogens is 1. The first-order valence-corrected chi connectivity index (χ1v) is 12.5. The van der Waals surface area contributed by atoms with E-state index in [9.17, 15) is 14.4 Å². The molecular formula is C31H30ClN3O6. The zero-order valence-corrected chi connectivity index (χ0v) is 23.5. The van der Waals surface area contributed by atoms with E-state index in [1.54, 1.807) is 93.6 Å². The minimum absolute atomic E-state index is 0. The number of amides is 1. The van der Waals surface area contributed by atoms with Crippen molar-refractivity contribution in [1.29, 1.82) is 5.41 Å². The number of amidine groups is 1. The van der Waals surface area contributed by atoms with E-state index in [1.807, 2.05) is 0 Å². The van der Waals surface area contributed by atoms with E-state index in [-0.39, 0.29) is 36.5 Å². The van der Waals surface area contributed by atoms with Crippen LogP contribution in [0.15, 0.2) is 83.3 Å².